The van der Waals surface area contributed by atoms with Gasteiger partial charge in [-0.1, -0.05) is 29.8 Å². The second-order valence-corrected chi connectivity index (χ2v) is 7.42. The predicted octanol–water partition coefficient (Wildman–Crippen LogP) is 2.09. The van der Waals surface area contributed by atoms with Crippen molar-refractivity contribution in [3.8, 4) is 0 Å². The highest BCUT2D eigenvalue weighted by Crippen LogP contribution is 2.36. The minimum atomic E-state index is -0.529. The van der Waals surface area contributed by atoms with Crippen molar-refractivity contribution in [1.82, 2.24) is 20.4 Å². The average Bonchev–Trinajstić information content (AvgIpc) is 3.35. The summed E-state index contributed by atoms with van der Waals surface area (Å²) < 4.78 is 5.21. The van der Waals surface area contributed by atoms with Crippen molar-refractivity contribution in [3.05, 3.63) is 70.8 Å². The van der Waals surface area contributed by atoms with Gasteiger partial charge < -0.3 is 20.0 Å². The lowest BCUT2D eigenvalue weighted by atomic mass is 9.94. The van der Waals surface area contributed by atoms with Crippen molar-refractivity contribution in [2.45, 2.75) is 26.4 Å². The van der Waals surface area contributed by atoms with Crippen LogP contribution in [-0.2, 0) is 16.1 Å². The van der Waals surface area contributed by atoms with Crippen LogP contribution < -0.4 is 10.6 Å². The number of hydrogen-bond acceptors (Lipinski definition) is 4. The quantitative estimate of drug-likeness (QED) is 0.765. The molecule has 2 aliphatic heterocycles. The van der Waals surface area contributed by atoms with E-state index in [1.165, 1.54) is 11.2 Å². The normalized spacial score (nSPS) is 18.5. The van der Waals surface area contributed by atoms with E-state index in [0.29, 0.717) is 23.6 Å². The molecule has 2 N–H and O–H groups in total. The van der Waals surface area contributed by atoms with Crippen molar-refractivity contribution < 1.29 is 18.8 Å². The number of rotatable bonds is 6. The topological polar surface area (TPSA) is 94.9 Å². The fourth-order valence-corrected chi connectivity index (χ4v) is 3.94. The molecule has 4 amide bonds. The number of aryl methyl sites for hydroxylation is 1. The fourth-order valence-electron chi connectivity index (χ4n) is 3.94. The van der Waals surface area contributed by atoms with Crippen LogP contribution in [-0.4, -0.2) is 47.3 Å². The van der Waals surface area contributed by atoms with Gasteiger partial charge in [0.05, 0.1) is 36.7 Å². The Morgan fingerprint density at radius 3 is 2.80 bits per heavy atom. The van der Waals surface area contributed by atoms with Crippen LogP contribution in [0.25, 0.3) is 0 Å². The summed E-state index contributed by atoms with van der Waals surface area (Å²) in [4.78, 5) is 41.3. The Hall–Kier alpha value is -3.55. The predicted molar refractivity (Wildman–Crippen MR) is 109 cm³/mol. The third-order valence-corrected chi connectivity index (χ3v) is 5.36. The molecule has 2 aliphatic rings. The van der Waals surface area contributed by atoms with E-state index < -0.39 is 6.04 Å². The maximum absolute atomic E-state index is 13.2. The van der Waals surface area contributed by atoms with Crippen molar-refractivity contribution in [2.24, 2.45) is 0 Å². The summed E-state index contributed by atoms with van der Waals surface area (Å²) in [5, 5.41) is 5.71. The van der Waals surface area contributed by atoms with E-state index in [4.69, 9.17) is 4.42 Å². The van der Waals surface area contributed by atoms with E-state index in [0.717, 1.165) is 11.1 Å². The van der Waals surface area contributed by atoms with E-state index in [2.05, 4.69) is 10.6 Å². The molecule has 8 heteroatoms. The van der Waals surface area contributed by atoms with Crippen molar-refractivity contribution in [2.75, 3.05) is 19.6 Å². The van der Waals surface area contributed by atoms with E-state index in [1.807, 2.05) is 38.1 Å². The van der Waals surface area contributed by atoms with Gasteiger partial charge in [0.15, 0.2) is 0 Å². The Morgan fingerprint density at radius 1 is 1.27 bits per heavy atom. The first-order valence-corrected chi connectivity index (χ1v) is 9.94. The number of amides is 4. The molecule has 1 aromatic heterocycles. The van der Waals surface area contributed by atoms with Crippen molar-refractivity contribution in [3.63, 3.8) is 0 Å². The lowest BCUT2D eigenvalue weighted by Crippen LogP contribution is -2.47. The van der Waals surface area contributed by atoms with E-state index in [9.17, 15) is 14.4 Å². The molecule has 1 atom stereocenters. The van der Waals surface area contributed by atoms with Crippen LogP contribution in [0.4, 0.5) is 4.79 Å². The molecule has 0 spiro atoms. The number of furan rings is 1. The molecule has 0 saturated heterocycles. The summed E-state index contributed by atoms with van der Waals surface area (Å²) in [6, 6.07) is 10.5. The number of urea groups is 1. The van der Waals surface area contributed by atoms with Gasteiger partial charge in [0, 0.05) is 6.54 Å². The largest absolute Gasteiger partial charge is 0.467 e. The zero-order valence-corrected chi connectivity index (χ0v) is 17.0. The van der Waals surface area contributed by atoms with Crippen molar-refractivity contribution >= 4 is 17.8 Å². The molecule has 1 aromatic carbocycles. The minimum Gasteiger partial charge on any atom is -0.467 e. The van der Waals surface area contributed by atoms with Gasteiger partial charge in [-0.25, -0.2) is 4.79 Å². The van der Waals surface area contributed by atoms with E-state index >= 15 is 0 Å². The molecule has 0 saturated carbocycles. The Bertz CT molecular complexity index is 1010. The Morgan fingerprint density at radius 2 is 2.10 bits per heavy atom. The third-order valence-electron chi connectivity index (χ3n) is 5.36. The molecule has 3 heterocycles. The number of likely N-dealkylation sites (N-methyl/N-ethyl adjacent to an activating group) is 1. The summed E-state index contributed by atoms with van der Waals surface area (Å²) in [7, 11) is 0. The maximum Gasteiger partial charge on any atom is 0.322 e. The molecule has 30 heavy (non-hydrogen) atoms. The number of nitrogens with zero attached hydrogens (tertiary/aromatic N) is 2. The molecule has 8 nitrogen and oxygen atoms in total. The second-order valence-electron chi connectivity index (χ2n) is 7.42. The molecule has 0 fully saturated rings. The maximum atomic E-state index is 13.2. The van der Waals surface area contributed by atoms with Gasteiger partial charge in [-0.3, -0.25) is 14.5 Å². The number of benzene rings is 1. The van der Waals surface area contributed by atoms with Crippen LogP contribution >= 0.6 is 0 Å². The second kappa shape index (κ2) is 8.06. The summed E-state index contributed by atoms with van der Waals surface area (Å²) >= 11 is 0. The molecular formula is C22H24N4O4. The van der Waals surface area contributed by atoms with Gasteiger partial charge >= 0.3 is 6.03 Å². The van der Waals surface area contributed by atoms with Crippen LogP contribution in [0.2, 0.25) is 0 Å². The first-order chi connectivity index (χ1) is 14.5. The highest BCUT2D eigenvalue weighted by atomic mass is 16.3. The zero-order valence-electron chi connectivity index (χ0n) is 17.0. The molecule has 0 bridgehead atoms. The zero-order chi connectivity index (χ0) is 21.3. The fraction of sp³-hybridized carbons (Fsp3) is 0.318. The van der Waals surface area contributed by atoms with Crippen LogP contribution in [0.15, 0.2) is 58.3 Å². The molecule has 2 aromatic rings. The molecule has 1 unspecified atom stereocenters. The first-order valence-electron chi connectivity index (χ1n) is 9.94. The van der Waals surface area contributed by atoms with Gasteiger partial charge in [0.25, 0.3) is 5.91 Å². The first kappa shape index (κ1) is 19.8. The third kappa shape index (κ3) is 3.68. The summed E-state index contributed by atoms with van der Waals surface area (Å²) in [5.41, 5.74) is 3.09. The molecule has 4 rings (SSSR count). The number of nitrogens with one attached hydrogen (secondary N) is 2. The average molecular weight is 408 g/mol. The van der Waals surface area contributed by atoms with Gasteiger partial charge in [-0.05, 0) is 31.5 Å². The SMILES string of the molecule is CCN1C(=O)NC(c2cccc(C)c2)C2=C1CN(CC(=O)NCc1ccco1)C2=O. The number of hydrogen-bond donors (Lipinski definition) is 2. The van der Waals surface area contributed by atoms with E-state index in [-0.39, 0.29) is 37.5 Å². The Kier molecular flexibility index (Phi) is 5.31. The molecule has 0 aliphatic carbocycles. The van der Waals surface area contributed by atoms with Crippen LogP contribution in [0, 0.1) is 6.92 Å². The summed E-state index contributed by atoms with van der Waals surface area (Å²) in [5.74, 6) is 0.122. The summed E-state index contributed by atoms with van der Waals surface area (Å²) in [6.07, 6.45) is 1.54. The van der Waals surface area contributed by atoms with Gasteiger partial charge in [0.1, 0.15) is 12.3 Å². The molecule has 0 radical (unpaired) electrons. The highest BCUT2D eigenvalue weighted by molar-refractivity contribution is 6.03. The van der Waals surface area contributed by atoms with Gasteiger partial charge in [-0.15, -0.1) is 0 Å². The van der Waals surface area contributed by atoms with Crippen LogP contribution in [0.5, 0.6) is 0 Å². The smallest absolute Gasteiger partial charge is 0.322 e. The molecule has 156 valence electrons. The highest BCUT2D eigenvalue weighted by Gasteiger charge is 2.43. The summed E-state index contributed by atoms with van der Waals surface area (Å²) in [6.45, 7) is 4.67. The standard InChI is InChI=1S/C22H24N4O4/c1-3-26-17-12-25(13-18(27)23-11-16-8-5-9-30-16)21(28)19(17)20(24-22(26)29)15-7-4-6-14(2)10-15/h4-10,20H,3,11-13H2,1-2H3,(H,23,27)(H,24,29). The Labute approximate surface area is 174 Å². The lowest BCUT2D eigenvalue weighted by molar-refractivity contribution is -0.132. The number of carbonyl (C=O) groups excluding carboxylic acids is 3. The molecular weight excluding hydrogens is 384 g/mol. The number of carbonyl (C=O) groups is 3. The van der Waals surface area contributed by atoms with Gasteiger partial charge in [0.2, 0.25) is 5.91 Å². The lowest BCUT2D eigenvalue weighted by Gasteiger charge is -2.33. The minimum absolute atomic E-state index is 0.0845. The van der Waals surface area contributed by atoms with Crippen LogP contribution in [0.1, 0.15) is 29.9 Å². The van der Waals surface area contributed by atoms with Crippen LogP contribution in [0.3, 0.4) is 0 Å². The van der Waals surface area contributed by atoms with Crippen molar-refractivity contribution in [1.29, 1.82) is 0 Å². The van der Waals surface area contributed by atoms with E-state index in [1.54, 1.807) is 17.0 Å². The monoisotopic (exact) mass is 408 g/mol. The van der Waals surface area contributed by atoms with Gasteiger partial charge in [-0.2, -0.15) is 0 Å². The Balaban J connectivity index is 1.54.